The molecule has 10 heteroatoms. The van der Waals surface area contributed by atoms with Crippen LogP contribution in [0.2, 0.25) is 0 Å². The SMILES string of the molecule is CS(=O)(=O)c1ccc(N(N)C2=NCCS2)c(C(F)(F)F)c1. The summed E-state index contributed by atoms with van der Waals surface area (Å²) in [6, 6.07) is 2.73. The number of hydrazine groups is 1. The third-order valence-corrected chi connectivity index (χ3v) is 4.82. The lowest BCUT2D eigenvalue weighted by atomic mass is 10.1. The van der Waals surface area contributed by atoms with E-state index in [9.17, 15) is 21.6 Å². The number of anilines is 1. The van der Waals surface area contributed by atoms with Gasteiger partial charge in [0.05, 0.1) is 22.7 Å². The highest BCUT2D eigenvalue weighted by Crippen LogP contribution is 2.38. The molecule has 2 N–H and O–H groups in total. The van der Waals surface area contributed by atoms with Gasteiger partial charge in [-0.25, -0.2) is 14.3 Å². The summed E-state index contributed by atoms with van der Waals surface area (Å²) >= 11 is 1.24. The molecule has 0 fully saturated rings. The Hall–Kier alpha value is -1.26. The number of sulfone groups is 1. The first-order valence-corrected chi connectivity index (χ1v) is 8.62. The summed E-state index contributed by atoms with van der Waals surface area (Å²) in [6.07, 6.45) is -3.88. The summed E-state index contributed by atoms with van der Waals surface area (Å²) in [5.41, 5.74) is -1.44. The van der Waals surface area contributed by atoms with Crippen molar-refractivity contribution in [2.45, 2.75) is 11.1 Å². The number of nitrogens with two attached hydrogens (primary N) is 1. The van der Waals surface area contributed by atoms with E-state index in [-0.39, 0.29) is 10.9 Å². The number of aliphatic imine (C=N–C) groups is 1. The fraction of sp³-hybridized carbons (Fsp3) is 0.364. The number of hydrogen-bond acceptors (Lipinski definition) is 6. The van der Waals surface area contributed by atoms with Crippen molar-refractivity contribution in [3.63, 3.8) is 0 Å². The quantitative estimate of drug-likeness (QED) is 0.658. The number of amidine groups is 1. The molecule has 1 aromatic rings. The van der Waals surface area contributed by atoms with Gasteiger partial charge in [-0.05, 0) is 18.2 Å². The smallest absolute Gasteiger partial charge is 0.260 e. The second-order valence-electron chi connectivity index (χ2n) is 4.33. The molecule has 21 heavy (non-hydrogen) atoms. The molecule has 1 aliphatic heterocycles. The number of halogens is 3. The van der Waals surface area contributed by atoms with E-state index >= 15 is 0 Å². The van der Waals surface area contributed by atoms with Gasteiger partial charge in [-0.3, -0.25) is 10.0 Å². The molecule has 1 aliphatic rings. The standard InChI is InChI=1S/C11H12F3N3O2S2/c1-21(18,19)7-2-3-9(8(6-7)11(12,13)14)17(15)10-16-4-5-20-10/h2-3,6H,4-5,15H2,1H3. The molecular formula is C11H12F3N3O2S2. The second kappa shape index (κ2) is 5.50. The third-order valence-electron chi connectivity index (χ3n) is 2.74. The number of alkyl halides is 3. The van der Waals surface area contributed by atoms with Crippen molar-refractivity contribution in [3.05, 3.63) is 23.8 Å². The molecule has 0 atom stereocenters. The maximum atomic E-state index is 13.1. The average molecular weight is 339 g/mol. The van der Waals surface area contributed by atoms with Crippen LogP contribution in [0.15, 0.2) is 28.1 Å². The second-order valence-corrected chi connectivity index (χ2v) is 7.41. The summed E-state index contributed by atoms with van der Waals surface area (Å²) in [7, 11) is -3.74. The lowest BCUT2D eigenvalue weighted by Crippen LogP contribution is -2.36. The first-order chi connectivity index (χ1) is 9.60. The van der Waals surface area contributed by atoms with Crippen LogP contribution in [-0.4, -0.2) is 32.1 Å². The maximum absolute atomic E-state index is 13.1. The largest absolute Gasteiger partial charge is 0.418 e. The molecule has 0 unspecified atom stereocenters. The lowest BCUT2D eigenvalue weighted by Gasteiger charge is -2.22. The summed E-state index contributed by atoms with van der Waals surface area (Å²) in [5.74, 6) is 6.33. The predicted octanol–water partition coefficient (Wildman–Crippen LogP) is 1.89. The molecule has 1 aromatic carbocycles. The van der Waals surface area contributed by atoms with Crippen LogP contribution in [-0.2, 0) is 16.0 Å². The van der Waals surface area contributed by atoms with Crippen LogP contribution in [0.5, 0.6) is 0 Å². The molecular weight excluding hydrogens is 327 g/mol. The first kappa shape index (κ1) is 16.1. The van der Waals surface area contributed by atoms with E-state index in [0.717, 1.165) is 23.4 Å². The number of benzene rings is 1. The summed E-state index contributed by atoms with van der Waals surface area (Å²) in [5, 5.41) is 1.11. The first-order valence-electron chi connectivity index (χ1n) is 5.74. The highest BCUT2D eigenvalue weighted by Gasteiger charge is 2.36. The fourth-order valence-electron chi connectivity index (χ4n) is 1.76. The zero-order valence-corrected chi connectivity index (χ0v) is 12.5. The van der Waals surface area contributed by atoms with Crippen molar-refractivity contribution < 1.29 is 21.6 Å². The van der Waals surface area contributed by atoms with E-state index in [1.54, 1.807) is 0 Å². The van der Waals surface area contributed by atoms with Gasteiger partial charge in [-0.1, -0.05) is 11.8 Å². The average Bonchev–Trinajstić information content (AvgIpc) is 2.89. The van der Waals surface area contributed by atoms with E-state index < -0.39 is 26.5 Å². The highest BCUT2D eigenvalue weighted by molar-refractivity contribution is 8.14. The molecule has 1 heterocycles. The Morgan fingerprint density at radius 1 is 1.38 bits per heavy atom. The van der Waals surface area contributed by atoms with Gasteiger partial charge < -0.3 is 0 Å². The Morgan fingerprint density at radius 2 is 2.05 bits per heavy atom. The van der Waals surface area contributed by atoms with Crippen LogP contribution in [0, 0.1) is 0 Å². The Bertz CT molecular complexity index is 686. The third kappa shape index (κ3) is 3.50. The molecule has 0 saturated carbocycles. The van der Waals surface area contributed by atoms with Crippen LogP contribution < -0.4 is 10.9 Å². The van der Waals surface area contributed by atoms with Gasteiger partial charge >= 0.3 is 6.18 Å². The Labute approximate surface area is 123 Å². The van der Waals surface area contributed by atoms with Gasteiger partial charge in [0.15, 0.2) is 15.0 Å². The summed E-state index contributed by atoms with van der Waals surface area (Å²) in [6.45, 7) is 0.483. The zero-order valence-electron chi connectivity index (χ0n) is 10.9. The summed E-state index contributed by atoms with van der Waals surface area (Å²) in [4.78, 5) is 3.59. The van der Waals surface area contributed by atoms with E-state index in [4.69, 9.17) is 5.84 Å². The van der Waals surface area contributed by atoms with Crippen molar-refractivity contribution in [2.75, 3.05) is 23.6 Å². The minimum Gasteiger partial charge on any atom is -0.260 e. The minimum absolute atomic E-state index is 0.271. The van der Waals surface area contributed by atoms with Gasteiger partial charge in [-0.2, -0.15) is 13.2 Å². The molecule has 0 bridgehead atoms. The lowest BCUT2D eigenvalue weighted by molar-refractivity contribution is -0.137. The molecule has 0 spiro atoms. The van der Waals surface area contributed by atoms with E-state index in [0.29, 0.717) is 18.4 Å². The van der Waals surface area contributed by atoms with Gasteiger partial charge in [0.2, 0.25) is 0 Å². The van der Waals surface area contributed by atoms with Crippen LogP contribution in [0.1, 0.15) is 5.56 Å². The Morgan fingerprint density at radius 3 is 2.52 bits per heavy atom. The van der Waals surface area contributed by atoms with E-state index in [1.165, 1.54) is 11.8 Å². The van der Waals surface area contributed by atoms with Crippen molar-refractivity contribution in [3.8, 4) is 0 Å². The number of rotatable bonds is 2. The molecule has 0 aliphatic carbocycles. The Balaban J connectivity index is 2.55. The molecule has 0 aromatic heterocycles. The number of thioether (sulfide) groups is 1. The van der Waals surface area contributed by atoms with Crippen molar-refractivity contribution >= 4 is 32.5 Å². The molecule has 0 radical (unpaired) electrons. The number of hydrogen-bond donors (Lipinski definition) is 1. The zero-order chi connectivity index (χ0) is 15.8. The molecule has 116 valence electrons. The normalized spacial score (nSPS) is 16.0. The Kier molecular flexibility index (Phi) is 4.22. The van der Waals surface area contributed by atoms with E-state index in [1.807, 2.05) is 0 Å². The van der Waals surface area contributed by atoms with E-state index in [2.05, 4.69) is 4.99 Å². The van der Waals surface area contributed by atoms with Crippen LogP contribution in [0.25, 0.3) is 0 Å². The van der Waals surface area contributed by atoms with Gasteiger partial charge in [0.25, 0.3) is 0 Å². The minimum atomic E-state index is -4.72. The van der Waals surface area contributed by atoms with Crippen molar-refractivity contribution in [2.24, 2.45) is 10.8 Å². The highest BCUT2D eigenvalue weighted by atomic mass is 32.2. The van der Waals surface area contributed by atoms with Gasteiger partial charge in [-0.15, -0.1) is 0 Å². The van der Waals surface area contributed by atoms with Crippen LogP contribution in [0.4, 0.5) is 18.9 Å². The number of nitrogens with zero attached hydrogens (tertiary/aromatic N) is 2. The van der Waals surface area contributed by atoms with Gasteiger partial charge in [0, 0.05) is 12.0 Å². The summed E-state index contributed by atoms with van der Waals surface area (Å²) < 4.78 is 62.2. The van der Waals surface area contributed by atoms with Gasteiger partial charge in [0.1, 0.15) is 0 Å². The monoisotopic (exact) mass is 339 g/mol. The fourth-order valence-corrected chi connectivity index (χ4v) is 3.19. The predicted molar refractivity (Wildman–Crippen MR) is 76.0 cm³/mol. The molecule has 0 saturated heterocycles. The molecule has 2 rings (SSSR count). The van der Waals surface area contributed by atoms with Crippen LogP contribution >= 0.6 is 11.8 Å². The molecule has 5 nitrogen and oxygen atoms in total. The molecule has 0 amide bonds. The van der Waals surface area contributed by atoms with Crippen LogP contribution in [0.3, 0.4) is 0 Å². The topological polar surface area (TPSA) is 75.8 Å². The van der Waals surface area contributed by atoms with Crippen molar-refractivity contribution in [1.82, 2.24) is 0 Å². The maximum Gasteiger partial charge on any atom is 0.418 e. The van der Waals surface area contributed by atoms with Crippen molar-refractivity contribution in [1.29, 1.82) is 0 Å².